The molecule has 0 atom stereocenters. The van der Waals surface area contributed by atoms with Crippen molar-refractivity contribution in [3.05, 3.63) is 0 Å². The third-order valence-corrected chi connectivity index (χ3v) is 3.99. The highest BCUT2D eigenvalue weighted by Crippen LogP contribution is 2.33. The highest BCUT2D eigenvalue weighted by atomic mass is 19.4. The summed E-state index contributed by atoms with van der Waals surface area (Å²) in [7, 11) is 0. The number of piperazine rings is 1. The monoisotopic (exact) mass is 265 g/mol. The first-order valence-corrected chi connectivity index (χ1v) is 6.78. The van der Waals surface area contributed by atoms with Gasteiger partial charge in [-0.25, -0.2) is 0 Å². The summed E-state index contributed by atoms with van der Waals surface area (Å²) in [5, 5.41) is 3.29. The van der Waals surface area contributed by atoms with Gasteiger partial charge in [0, 0.05) is 39.3 Å². The second-order valence-electron chi connectivity index (χ2n) is 5.25. The predicted octanol–water partition coefficient (Wildman–Crippen LogP) is 1.17. The SMILES string of the molecule is FC(F)(F)C1CCN(CCN2CCNCC2)CC1. The number of likely N-dealkylation sites (tertiary alicyclic amines) is 1. The second-order valence-corrected chi connectivity index (χ2v) is 5.25. The second kappa shape index (κ2) is 6.21. The minimum atomic E-state index is -4.00. The average Bonchev–Trinajstić information content (AvgIpc) is 2.37. The molecule has 0 amide bonds. The van der Waals surface area contributed by atoms with Crippen molar-refractivity contribution in [3.8, 4) is 0 Å². The van der Waals surface area contributed by atoms with E-state index >= 15 is 0 Å². The van der Waals surface area contributed by atoms with Gasteiger partial charge in [0.1, 0.15) is 0 Å². The first kappa shape index (κ1) is 14.1. The lowest BCUT2D eigenvalue weighted by molar-refractivity contribution is -0.185. The van der Waals surface area contributed by atoms with Crippen LogP contribution in [-0.4, -0.2) is 68.3 Å². The van der Waals surface area contributed by atoms with Gasteiger partial charge >= 0.3 is 6.18 Å². The molecule has 6 heteroatoms. The lowest BCUT2D eigenvalue weighted by Crippen LogP contribution is -2.47. The van der Waals surface area contributed by atoms with E-state index in [0.29, 0.717) is 13.1 Å². The van der Waals surface area contributed by atoms with E-state index < -0.39 is 12.1 Å². The highest BCUT2D eigenvalue weighted by molar-refractivity contribution is 4.78. The number of hydrogen-bond acceptors (Lipinski definition) is 3. The summed E-state index contributed by atoms with van der Waals surface area (Å²) in [4.78, 5) is 4.55. The highest BCUT2D eigenvalue weighted by Gasteiger charge is 2.40. The van der Waals surface area contributed by atoms with E-state index in [1.165, 1.54) is 0 Å². The number of piperidine rings is 1. The van der Waals surface area contributed by atoms with Crippen LogP contribution in [0.1, 0.15) is 12.8 Å². The minimum absolute atomic E-state index is 0.269. The Morgan fingerprint density at radius 2 is 1.39 bits per heavy atom. The summed E-state index contributed by atoms with van der Waals surface area (Å²) in [5.41, 5.74) is 0. The third kappa shape index (κ3) is 4.10. The molecule has 0 saturated carbocycles. The fraction of sp³-hybridized carbons (Fsp3) is 1.00. The van der Waals surface area contributed by atoms with Crippen LogP contribution in [0.2, 0.25) is 0 Å². The molecule has 2 aliphatic heterocycles. The average molecular weight is 265 g/mol. The molecule has 0 aromatic rings. The molecule has 0 aromatic carbocycles. The Morgan fingerprint density at radius 3 is 1.89 bits per heavy atom. The van der Waals surface area contributed by atoms with E-state index in [1.807, 2.05) is 0 Å². The molecule has 2 aliphatic rings. The fourth-order valence-corrected chi connectivity index (χ4v) is 2.70. The summed E-state index contributed by atoms with van der Waals surface area (Å²) in [5.74, 6) is -1.08. The minimum Gasteiger partial charge on any atom is -0.314 e. The molecule has 0 radical (unpaired) electrons. The van der Waals surface area contributed by atoms with Crippen molar-refractivity contribution >= 4 is 0 Å². The maximum Gasteiger partial charge on any atom is 0.391 e. The zero-order valence-corrected chi connectivity index (χ0v) is 10.7. The largest absolute Gasteiger partial charge is 0.391 e. The molecule has 0 unspecified atom stereocenters. The molecular formula is C12H22F3N3. The zero-order chi connectivity index (χ0) is 13.0. The van der Waals surface area contributed by atoms with Crippen LogP contribution >= 0.6 is 0 Å². The van der Waals surface area contributed by atoms with Crippen LogP contribution in [0.5, 0.6) is 0 Å². The van der Waals surface area contributed by atoms with Crippen molar-refractivity contribution in [2.45, 2.75) is 19.0 Å². The van der Waals surface area contributed by atoms with Crippen molar-refractivity contribution in [3.63, 3.8) is 0 Å². The lowest BCUT2D eigenvalue weighted by Gasteiger charge is -2.35. The van der Waals surface area contributed by atoms with E-state index in [4.69, 9.17) is 0 Å². The molecule has 18 heavy (non-hydrogen) atoms. The normalized spacial score (nSPS) is 25.5. The molecule has 0 spiro atoms. The number of nitrogens with one attached hydrogen (secondary N) is 1. The van der Waals surface area contributed by atoms with Gasteiger partial charge in [0.2, 0.25) is 0 Å². The van der Waals surface area contributed by atoms with E-state index in [-0.39, 0.29) is 12.8 Å². The molecule has 0 bridgehead atoms. The summed E-state index contributed by atoms with van der Waals surface area (Å²) in [6.07, 6.45) is -3.46. The van der Waals surface area contributed by atoms with Gasteiger partial charge in [-0.3, -0.25) is 4.90 Å². The Kier molecular flexibility index (Phi) is 4.86. The molecule has 2 heterocycles. The van der Waals surface area contributed by atoms with Crippen molar-refractivity contribution in [1.29, 1.82) is 0 Å². The molecule has 2 fully saturated rings. The van der Waals surface area contributed by atoms with Crippen molar-refractivity contribution in [1.82, 2.24) is 15.1 Å². The molecule has 106 valence electrons. The maximum absolute atomic E-state index is 12.5. The first-order chi connectivity index (χ1) is 8.55. The van der Waals surface area contributed by atoms with E-state index in [1.54, 1.807) is 0 Å². The number of alkyl halides is 3. The third-order valence-electron chi connectivity index (χ3n) is 3.99. The van der Waals surface area contributed by atoms with Gasteiger partial charge < -0.3 is 10.2 Å². The van der Waals surface area contributed by atoms with Gasteiger partial charge in [-0.05, 0) is 25.9 Å². The van der Waals surface area contributed by atoms with Gasteiger partial charge in [0.05, 0.1) is 5.92 Å². The van der Waals surface area contributed by atoms with E-state index in [2.05, 4.69) is 15.1 Å². The standard InChI is InChI=1S/C12H22F3N3/c13-12(14,15)11-1-5-17(6-2-11)9-10-18-7-3-16-4-8-18/h11,16H,1-10H2. The van der Waals surface area contributed by atoms with Gasteiger partial charge in [-0.1, -0.05) is 0 Å². The van der Waals surface area contributed by atoms with Crippen LogP contribution in [0.15, 0.2) is 0 Å². The number of rotatable bonds is 3. The Morgan fingerprint density at radius 1 is 0.889 bits per heavy atom. The molecular weight excluding hydrogens is 243 g/mol. The Bertz CT molecular complexity index is 243. The molecule has 0 aromatic heterocycles. The predicted molar refractivity (Wildman–Crippen MR) is 64.5 cm³/mol. The van der Waals surface area contributed by atoms with Crippen molar-refractivity contribution in [2.24, 2.45) is 5.92 Å². The van der Waals surface area contributed by atoms with E-state index in [0.717, 1.165) is 39.3 Å². The number of halogens is 3. The quantitative estimate of drug-likeness (QED) is 0.826. The van der Waals surface area contributed by atoms with Crippen LogP contribution in [-0.2, 0) is 0 Å². The lowest BCUT2D eigenvalue weighted by atomic mass is 9.96. The maximum atomic E-state index is 12.5. The van der Waals surface area contributed by atoms with Gasteiger partial charge in [-0.2, -0.15) is 13.2 Å². The topological polar surface area (TPSA) is 18.5 Å². The van der Waals surface area contributed by atoms with Crippen molar-refractivity contribution < 1.29 is 13.2 Å². The van der Waals surface area contributed by atoms with E-state index in [9.17, 15) is 13.2 Å². The first-order valence-electron chi connectivity index (χ1n) is 6.78. The van der Waals surface area contributed by atoms with Crippen LogP contribution in [0.25, 0.3) is 0 Å². The fourth-order valence-electron chi connectivity index (χ4n) is 2.70. The molecule has 0 aliphatic carbocycles. The summed E-state index contributed by atoms with van der Waals surface area (Å²) in [6.45, 7) is 7.24. The molecule has 1 N–H and O–H groups in total. The van der Waals surface area contributed by atoms with Gasteiger partial charge in [0.15, 0.2) is 0 Å². The van der Waals surface area contributed by atoms with Gasteiger partial charge in [-0.15, -0.1) is 0 Å². The van der Waals surface area contributed by atoms with Gasteiger partial charge in [0.25, 0.3) is 0 Å². The zero-order valence-electron chi connectivity index (χ0n) is 10.7. The Hall–Kier alpha value is -0.330. The van der Waals surface area contributed by atoms with Crippen LogP contribution in [0.3, 0.4) is 0 Å². The molecule has 2 saturated heterocycles. The number of hydrogen-bond donors (Lipinski definition) is 1. The Balaban J connectivity index is 1.64. The molecule has 3 nitrogen and oxygen atoms in total. The van der Waals surface area contributed by atoms with Crippen LogP contribution in [0.4, 0.5) is 13.2 Å². The summed E-state index contributed by atoms with van der Waals surface area (Å²) < 4.78 is 37.5. The molecule has 2 rings (SSSR count). The van der Waals surface area contributed by atoms with Crippen LogP contribution in [0, 0.1) is 5.92 Å². The summed E-state index contributed by atoms with van der Waals surface area (Å²) in [6, 6.07) is 0. The number of nitrogens with zero attached hydrogens (tertiary/aromatic N) is 2. The van der Waals surface area contributed by atoms with Crippen LogP contribution < -0.4 is 5.32 Å². The summed E-state index contributed by atoms with van der Waals surface area (Å²) >= 11 is 0. The van der Waals surface area contributed by atoms with Crippen molar-refractivity contribution in [2.75, 3.05) is 52.4 Å². The Labute approximate surface area is 106 Å². The smallest absolute Gasteiger partial charge is 0.314 e.